The maximum atomic E-state index is 13.0. The third-order valence-electron chi connectivity index (χ3n) is 5.81. The zero-order valence-corrected chi connectivity index (χ0v) is 26.3. The second kappa shape index (κ2) is 16.2. The molecular weight excluding hydrogens is 526 g/mol. The van der Waals surface area contributed by atoms with Crippen LogP contribution in [0.3, 0.4) is 0 Å². The fraction of sp³-hybridized carbons (Fsp3) is 0.677. The summed E-state index contributed by atoms with van der Waals surface area (Å²) in [6.07, 6.45) is 1.45. The molecule has 0 saturated carbocycles. The molecule has 2 atom stereocenters. The highest BCUT2D eigenvalue weighted by molar-refractivity contribution is 5.84. The minimum absolute atomic E-state index is 0.149. The molecule has 1 rings (SSSR count). The molecule has 0 radical (unpaired) electrons. The highest BCUT2D eigenvalue weighted by Gasteiger charge is 2.31. The first-order chi connectivity index (χ1) is 18.9. The number of nitrogens with one attached hydrogen (secondary N) is 3. The highest BCUT2D eigenvalue weighted by atomic mass is 16.6. The molecule has 3 amide bonds. The molecule has 1 aromatic rings. The number of hydrogen-bond acceptors (Lipinski definition) is 7. The Balaban J connectivity index is 2.65. The van der Waals surface area contributed by atoms with Crippen LogP contribution in [0.15, 0.2) is 30.3 Å². The molecule has 0 aliphatic heterocycles. The summed E-state index contributed by atoms with van der Waals surface area (Å²) in [5, 5.41) is 8.38. The molecule has 2 unspecified atom stereocenters. The van der Waals surface area contributed by atoms with E-state index in [9.17, 15) is 19.2 Å². The topological polar surface area (TPSA) is 132 Å². The van der Waals surface area contributed by atoms with Crippen molar-refractivity contribution >= 4 is 24.1 Å². The fourth-order valence-corrected chi connectivity index (χ4v) is 3.79. The van der Waals surface area contributed by atoms with Gasteiger partial charge < -0.3 is 30.2 Å². The quantitative estimate of drug-likeness (QED) is 0.157. The molecule has 41 heavy (non-hydrogen) atoms. The summed E-state index contributed by atoms with van der Waals surface area (Å²) >= 11 is 0. The van der Waals surface area contributed by atoms with Gasteiger partial charge in [0.25, 0.3) is 0 Å². The third kappa shape index (κ3) is 17.2. The number of urea groups is 1. The van der Waals surface area contributed by atoms with E-state index >= 15 is 0 Å². The Labute approximate surface area is 245 Å². The van der Waals surface area contributed by atoms with Gasteiger partial charge in [-0.15, -0.1) is 0 Å². The van der Waals surface area contributed by atoms with E-state index in [-0.39, 0.29) is 30.5 Å². The summed E-state index contributed by atoms with van der Waals surface area (Å²) in [6.45, 7) is 17.2. The molecule has 232 valence electrons. The number of unbranched alkanes of at least 4 members (excludes halogenated alkanes) is 1. The molecule has 0 aliphatic carbocycles. The molecule has 0 aliphatic rings. The molecular formula is C31H51N3O7. The Morgan fingerprint density at radius 2 is 1.39 bits per heavy atom. The first kappa shape index (κ1) is 35.7. The summed E-state index contributed by atoms with van der Waals surface area (Å²) in [6, 6.07) is 7.63. The van der Waals surface area contributed by atoms with Crippen LogP contribution in [0.1, 0.15) is 100.0 Å². The van der Waals surface area contributed by atoms with Gasteiger partial charge in [0.1, 0.15) is 23.9 Å². The van der Waals surface area contributed by atoms with Gasteiger partial charge in [0, 0.05) is 19.0 Å². The van der Waals surface area contributed by atoms with Gasteiger partial charge in [-0.25, -0.2) is 14.4 Å². The summed E-state index contributed by atoms with van der Waals surface area (Å²) in [7, 11) is 0. The maximum absolute atomic E-state index is 13.0. The summed E-state index contributed by atoms with van der Waals surface area (Å²) in [4.78, 5) is 50.1. The van der Waals surface area contributed by atoms with Gasteiger partial charge in [0.15, 0.2) is 0 Å². The van der Waals surface area contributed by atoms with E-state index in [4.69, 9.17) is 14.2 Å². The second-order valence-electron chi connectivity index (χ2n) is 13.2. The van der Waals surface area contributed by atoms with Crippen molar-refractivity contribution in [3.63, 3.8) is 0 Å². The van der Waals surface area contributed by atoms with E-state index in [0.29, 0.717) is 32.2 Å². The molecule has 0 bridgehead atoms. The van der Waals surface area contributed by atoms with Gasteiger partial charge in [-0.2, -0.15) is 0 Å². The first-order valence-corrected chi connectivity index (χ1v) is 14.3. The predicted molar refractivity (Wildman–Crippen MR) is 158 cm³/mol. The largest absolute Gasteiger partial charge is 0.460 e. The van der Waals surface area contributed by atoms with Crippen LogP contribution in [0, 0.1) is 5.41 Å². The molecule has 0 fully saturated rings. The van der Waals surface area contributed by atoms with Crippen LogP contribution in [-0.2, 0) is 30.4 Å². The lowest BCUT2D eigenvalue weighted by atomic mass is 9.84. The Hall–Kier alpha value is -3.30. The number of rotatable bonds is 13. The number of amides is 3. The van der Waals surface area contributed by atoms with Gasteiger partial charge in [-0.1, -0.05) is 51.1 Å². The first-order valence-electron chi connectivity index (χ1n) is 14.3. The minimum atomic E-state index is -0.884. The second-order valence-corrected chi connectivity index (χ2v) is 13.2. The van der Waals surface area contributed by atoms with Crippen LogP contribution in [0.4, 0.5) is 9.59 Å². The monoisotopic (exact) mass is 577 g/mol. The van der Waals surface area contributed by atoms with Crippen molar-refractivity contribution in [1.82, 2.24) is 16.0 Å². The van der Waals surface area contributed by atoms with Crippen LogP contribution < -0.4 is 16.0 Å². The Morgan fingerprint density at radius 3 is 1.95 bits per heavy atom. The van der Waals surface area contributed by atoms with Gasteiger partial charge >= 0.3 is 24.1 Å². The number of hydrogen-bond donors (Lipinski definition) is 3. The zero-order valence-electron chi connectivity index (χ0n) is 26.3. The normalized spacial score (nSPS) is 13.4. The zero-order chi connectivity index (χ0) is 31.3. The van der Waals surface area contributed by atoms with Gasteiger partial charge in [-0.05, 0) is 78.2 Å². The van der Waals surface area contributed by atoms with Crippen molar-refractivity contribution in [2.45, 2.75) is 124 Å². The fourth-order valence-electron chi connectivity index (χ4n) is 3.79. The highest BCUT2D eigenvalue weighted by Crippen LogP contribution is 2.24. The molecule has 10 nitrogen and oxygen atoms in total. The van der Waals surface area contributed by atoms with Gasteiger partial charge in [0.2, 0.25) is 0 Å². The van der Waals surface area contributed by atoms with Gasteiger partial charge in [0.05, 0.1) is 0 Å². The number of benzene rings is 1. The molecule has 0 aromatic heterocycles. The number of carbonyl (C=O) groups excluding carboxylic acids is 4. The smallest absolute Gasteiger partial charge is 0.407 e. The summed E-state index contributed by atoms with van der Waals surface area (Å²) in [5.41, 5.74) is -0.760. The molecule has 0 saturated heterocycles. The molecule has 0 heterocycles. The summed E-state index contributed by atoms with van der Waals surface area (Å²) < 4.78 is 16.1. The van der Waals surface area contributed by atoms with Crippen LogP contribution in [0.5, 0.6) is 0 Å². The van der Waals surface area contributed by atoms with Crippen LogP contribution in [0.25, 0.3) is 0 Å². The van der Waals surface area contributed by atoms with E-state index in [1.165, 1.54) is 0 Å². The Morgan fingerprint density at radius 1 is 0.780 bits per heavy atom. The molecule has 3 N–H and O–H groups in total. The van der Waals surface area contributed by atoms with Crippen molar-refractivity contribution < 1.29 is 33.4 Å². The van der Waals surface area contributed by atoms with E-state index in [1.807, 2.05) is 71.9 Å². The number of esters is 2. The molecule has 1 aromatic carbocycles. The minimum Gasteiger partial charge on any atom is -0.460 e. The average Bonchev–Trinajstić information content (AvgIpc) is 2.82. The number of carbonyl (C=O) groups is 4. The lowest BCUT2D eigenvalue weighted by Crippen LogP contribution is -2.53. The predicted octanol–water partition coefficient (Wildman–Crippen LogP) is 5.63. The third-order valence-corrected chi connectivity index (χ3v) is 5.81. The number of ether oxygens (including phenoxy) is 3. The van der Waals surface area contributed by atoms with Crippen molar-refractivity contribution in [3.05, 3.63) is 35.9 Å². The average molecular weight is 578 g/mol. The van der Waals surface area contributed by atoms with E-state index in [2.05, 4.69) is 16.0 Å². The van der Waals surface area contributed by atoms with Crippen molar-refractivity contribution in [3.8, 4) is 0 Å². The molecule has 10 heteroatoms. The van der Waals surface area contributed by atoms with Crippen molar-refractivity contribution in [2.24, 2.45) is 5.41 Å². The SMILES string of the molecule is CC(C)(C)OC(=O)CCC(NC(=O)NC(CCCCNC(=O)OCc1ccccc1)C(=O)OC(C)(C)C)C(C)(C)C. The lowest BCUT2D eigenvalue weighted by molar-refractivity contribution is -0.157. The Bertz CT molecular complexity index is 976. The van der Waals surface area contributed by atoms with E-state index in [0.717, 1.165) is 5.56 Å². The van der Waals surface area contributed by atoms with E-state index < -0.39 is 35.3 Å². The van der Waals surface area contributed by atoms with Crippen molar-refractivity contribution in [1.29, 1.82) is 0 Å². The molecule has 0 spiro atoms. The van der Waals surface area contributed by atoms with Crippen LogP contribution in [0.2, 0.25) is 0 Å². The number of alkyl carbamates (subject to hydrolysis) is 1. The van der Waals surface area contributed by atoms with Crippen molar-refractivity contribution in [2.75, 3.05) is 6.54 Å². The van der Waals surface area contributed by atoms with Crippen LogP contribution in [-0.4, -0.2) is 53.9 Å². The van der Waals surface area contributed by atoms with Crippen LogP contribution >= 0.6 is 0 Å². The lowest BCUT2D eigenvalue weighted by Gasteiger charge is -2.32. The standard InChI is InChI=1S/C31H51N3O7/c1-29(2,3)24(18-19-25(35)40-30(4,5)6)34-27(37)33-23(26(36)41-31(7,8)9)17-13-14-20-32-28(38)39-21-22-15-11-10-12-16-22/h10-12,15-16,23-24H,13-14,17-21H2,1-9H3,(H,32,38)(H2,33,34,37). The Kier molecular flexibility index (Phi) is 14.1. The maximum Gasteiger partial charge on any atom is 0.407 e. The van der Waals surface area contributed by atoms with Gasteiger partial charge in [-0.3, -0.25) is 4.79 Å². The summed E-state index contributed by atoms with van der Waals surface area (Å²) in [5.74, 6) is -0.873. The van der Waals surface area contributed by atoms with E-state index in [1.54, 1.807) is 20.8 Å².